The molecule has 1 unspecified atom stereocenters. The molecule has 5 nitrogen and oxygen atoms in total. The van der Waals surface area contributed by atoms with Crippen molar-refractivity contribution in [2.45, 2.75) is 31.8 Å². The van der Waals surface area contributed by atoms with Crippen LogP contribution < -0.4 is 20.1 Å². The Bertz CT molecular complexity index is 462. The van der Waals surface area contributed by atoms with E-state index in [0.717, 1.165) is 42.9 Å². The Kier molecular flexibility index (Phi) is 7.32. The SMILES string of the molecule is COc1ccc(OC)c(CNC(=O)C2CCCCN2)c1.Cl. The predicted molar refractivity (Wildman–Crippen MR) is 84.3 cm³/mol. The molecule has 2 rings (SSSR count). The first-order chi connectivity index (χ1) is 9.74. The second-order valence-corrected chi connectivity index (χ2v) is 4.90. The summed E-state index contributed by atoms with van der Waals surface area (Å²) in [6.07, 6.45) is 3.15. The summed E-state index contributed by atoms with van der Waals surface area (Å²) in [5, 5.41) is 6.20. The minimum Gasteiger partial charge on any atom is -0.497 e. The van der Waals surface area contributed by atoms with Crippen molar-refractivity contribution in [3.8, 4) is 11.5 Å². The lowest BCUT2D eigenvalue weighted by molar-refractivity contribution is -0.123. The molecule has 0 bridgehead atoms. The molecule has 1 aromatic carbocycles. The molecular formula is C15H23ClN2O3. The van der Waals surface area contributed by atoms with Crippen molar-refractivity contribution < 1.29 is 14.3 Å². The van der Waals surface area contributed by atoms with Crippen molar-refractivity contribution in [1.82, 2.24) is 10.6 Å². The average Bonchev–Trinajstić information content (AvgIpc) is 2.53. The maximum absolute atomic E-state index is 12.1. The summed E-state index contributed by atoms with van der Waals surface area (Å²) in [6, 6.07) is 5.50. The van der Waals surface area contributed by atoms with Crippen LogP contribution in [0.25, 0.3) is 0 Å². The molecule has 0 radical (unpaired) electrons. The quantitative estimate of drug-likeness (QED) is 0.871. The van der Waals surface area contributed by atoms with Gasteiger partial charge in [0.05, 0.1) is 20.3 Å². The number of hydrogen-bond donors (Lipinski definition) is 2. The molecule has 1 heterocycles. The molecule has 1 saturated heterocycles. The standard InChI is InChI=1S/C15H22N2O3.ClH/c1-19-12-6-7-14(20-2)11(9-12)10-17-15(18)13-5-3-4-8-16-13;/h6-7,9,13,16H,3-5,8,10H2,1-2H3,(H,17,18);1H. The van der Waals surface area contributed by atoms with Gasteiger partial charge in [0, 0.05) is 12.1 Å². The number of rotatable bonds is 5. The van der Waals surface area contributed by atoms with Crippen LogP contribution >= 0.6 is 12.4 Å². The fourth-order valence-electron chi connectivity index (χ4n) is 2.40. The Hall–Kier alpha value is -1.46. The zero-order valence-electron chi connectivity index (χ0n) is 12.5. The van der Waals surface area contributed by atoms with E-state index in [9.17, 15) is 4.79 Å². The summed E-state index contributed by atoms with van der Waals surface area (Å²) >= 11 is 0. The van der Waals surface area contributed by atoms with Gasteiger partial charge < -0.3 is 20.1 Å². The number of methoxy groups -OCH3 is 2. The number of hydrogen-bond acceptors (Lipinski definition) is 4. The van der Waals surface area contributed by atoms with Crippen molar-refractivity contribution in [2.24, 2.45) is 0 Å². The Morgan fingerprint density at radius 1 is 1.33 bits per heavy atom. The summed E-state index contributed by atoms with van der Waals surface area (Å²) < 4.78 is 10.5. The van der Waals surface area contributed by atoms with E-state index in [0.29, 0.717) is 6.54 Å². The van der Waals surface area contributed by atoms with Crippen molar-refractivity contribution >= 4 is 18.3 Å². The van der Waals surface area contributed by atoms with E-state index in [-0.39, 0.29) is 24.4 Å². The molecule has 1 atom stereocenters. The van der Waals surface area contributed by atoms with Crippen LogP contribution in [0.5, 0.6) is 11.5 Å². The summed E-state index contributed by atoms with van der Waals surface area (Å²) in [5.41, 5.74) is 0.913. The smallest absolute Gasteiger partial charge is 0.237 e. The van der Waals surface area contributed by atoms with Crippen molar-refractivity contribution in [1.29, 1.82) is 0 Å². The Morgan fingerprint density at radius 3 is 2.76 bits per heavy atom. The number of ether oxygens (including phenoxy) is 2. The highest BCUT2D eigenvalue weighted by Crippen LogP contribution is 2.23. The molecule has 0 aliphatic carbocycles. The predicted octanol–water partition coefficient (Wildman–Crippen LogP) is 1.88. The molecule has 1 aromatic rings. The van der Waals surface area contributed by atoms with Crippen LogP contribution in [0.3, 0.4) is 0 Å². The van der Waals surface area contributed by atoms with E-state index < -0.39 is 0 Å². The van der Waals surface area contributed by atoms with E-state index in [1.54, 1.807) is 14.2 Å². The van der Waals surface area contributed by atoms with Gasteiger partial charge in [0.15, 0.2) is 0 Å². The summed E-state index contributed by atoms with van der Waals surface area (Å²) in [4.78, 5) is 12.1. The third-order valence-corrected chi connectivity index (χ3v) is 3.57. The number of amides is 1. The van der Waals surface area contributed by atoms with Gasteiger partial charge in [0.1, 0.15) is 11.5 Å². The van der Waals surface area contributed by atoms with Gasteiger partial charge in [-0.15, -0.1) is 12.4 Å². The van der Waals surface area contributed by atoms with E-state index >= 15 is 0 Å². The van der Waals surface area contributed by atoms with Crippen LogP contribution in [-0.4, -0.2) is 32.7 Å². The molecule has 0 saturated carbocycles. The second-order valence-electron chi connectivity index (χ2n) is 4.90. The fraction of sp³-hybridized carbons (Fsp3) is 0.533. The summed E-state index contributed by atoms with van der Waals surface area (Å²) in [7, 11) is 3.24. The number of carbonyl (C=O) groups excluding carboxylic acids is 1. The molecule has 1 fully saturated rings. The number of piperidine rings is 1. The summed E-state index contributed by atoms with van der Waals surface area (Å²) in [5.74, 6) is 1.56. The van der Waals surface area contributed by atoms with Crippen molar-refractivity contribution in [3.05, 3.63) is 23.8 Å². The first kappa shape index (κ1) is 17.6. The zero-order chi connectivity index (χ0) is 14.4. The van der Waals surface area contributed by atoms with Gasteiger partial charge in [0.25, 0.3) is 0 Å². The maximum atomic E-state index is 12.1. The first-order valence-corrected chi connectivity index (χ1v) is 6.96. The van der Waals surface area contributed by atoms with Gasteiger partial charge in [-0.2, -0.15) is 0 Å². The number of halogens is 1. The van der Waals surface area contributed by atoms with Gasteiger partial charge in [-0.1, -0.05) is 6.42 Å². The third-order valence-electron chi connectivity index (χ3n) is 3.57. The first-order valence-electron chi connectivity index (χ1n) is 6.96. The van der Waals surface area contributed by atoms with Gasteiger partial charge >= 0.3 is 0 Å². The highest BCUT2D eigenvalue weighted by molar-refractivity contribution is 5.85. The number of carbonyl (C=O) groups is 1. The Labute approximate surface area is 131 Å². The zero-order valence-corrected chi connectivity index (χ0v) is 13.3. The molecule has 2 N–H and O–H groups in total. The lowest BCUT2D eigenvalue weighted by Crippen LogP contribution is -2.46. The molecule has 0 spiro atoms. The molecule has 21 heavy (non-hydrogen) atoms. The topological polar surface area (TPSA) is 59.6 Å². The fourth-order valence-corrected chi connectivity index (χ4v) is 2.40. The normalized spacial score (nSPS) is 17.5. The number of nitrogens with one attached hydrogen (secondary N) is 2. The van der Waals surface area contributed by atoms with Crippen LogP contribution in [0, 0.1) is 0 Å². The van der Waals surface area contributed by atoms with E-state index in [1.807, 2.05) is 18.2 Å². The molecule has 118 valence electrons. The minimum atomic E-state index is -0.0691. The largest absolute Gasteiger partial charge is 0.497 e. The highest BCUT2D eigenvalue weighted by Gasteiger charge is 2.20. The number of benzene rings is 1. The lowest BCUT2D eigenvalue weighted by atomic mass is 10.0. The van der Waals surface area contributed by atoms with E-state index in [4.69, 9.17) is 9.47 Å². The van der Waals surface area contributed by atoms with Gasteiger partial charge in [-0.3, -0.25) is 4.79 Å². The second kappa shape index (κ2) is 8.74. The lowest BCUT2D eigenvalue weighted by Gasteiger charge is -2.22. The average molecular weight is 315 g/mol. The maximum Gasteiger partial charge on any atom is 0.237 e. The summed E-state index contributed by atoms with van der Waals surface area (Å²) in [6.45, 7) is 1.36. The highest BCUT2D eigenvalue weighted by atomic mass is 35.5. The third kappa shape index (κ3) is 4.79. The molecular weight excluding hydrogens is 292 g/mol. The van der Waals surface area contributed by atoms with Crippen LogP contribution in [0.2, 0.25) is 0 Å². The van der Waals surface area contributed by atoms with Crippen LogP contribution in [0.1, 0.15) is 24.8 Å². The molecule has 1 amide bonds. The van der Waals surface area contributed by atoms with Gasteiger partial charge in [0.2, 0.25) is 5.91 Å². The minimum absolute atomic E-state index is 0. The molecule has 0 aromatic heterocycles. The van der Waals surface area contributed by atoms with Crippen LogP contribution in [-0.2, 0) is 11.3 Å². The van der Waals surface area contributed by atoms with Crippen LogP contribution in [0.15, 0.2) is 18.2 Å². The Balaban J connectivity index is 0.00000220. The van der Waals surface area contributed by atoms with Crippen LogP contribution in [0.4, 0.5) is 0 Å². The van der Waals surface area contributed by atoms with Crippen molar-refractivity contribution in [2.75, 3.05) is 20.8 Å². The van der Waals surface area contributed by atoms with E-state index in [2.05, 4.69) is 10.6 Å². The van der Waals surface area contributed by atoms with Crippen molar-refractivity contribution in [3.63, 3.8) is 0 Å². The molecule has 1 aliphatic rings. The van der Waals surface area contributed by atoms with Gasteiger partial charge in [-0.05, 0) is 37.6 Å². The molecule has 1 aliphatic heterocycles. The monoisotopic (exact) mass is 314 g/mol. The molecule has 6 heteroatoms. The van der Waals surface area contributed by atoms with E-state index in [1.165, 1.54) is 0 Å². The Morgan fingerprint density at radius 2 is 2.14 bits per heavy atom. The van der Waals surface area contributed by atoms with Gasteiger partial charge in [-0.25, -0.2) is 0 Å².